The maximum Gasteiger partial charge on any atom is 0.308 e. The predicted molar refractivity (Wildman–Crippen MR) is 46.8 cm³/mol. The van der Waals surface area contributed by atoms with Gasteiger partial charge in [-0.2, -0.15) is 0 Å². The van der Waals surface area contributed by atoms with Crippen LogP contribution in [-0.4, -0.2) is 17.6 Å². The molecule has 1 unspecified atom stereocenters. The van der Waals surface area contributed by atoms with Gasteiger partial charge in [-0.15, -0.1) is 0 Å². The Kier molecular flexibility index (Phi) is 3.53. The first-order valence-electron chi connectivity index (χ1n) is 4.68. The average molecular weight is 171 g/mol. The van der Waals surface area contributed by atoms with Crippen LogP contribution in [0.2, 0.25) is 0 Å². The van der Waals surface area contributed by atoms with Gasteiger partial charge in [-0.1, -0.05) is 19.3 Å². The summed E-state index contributed by atoms with van der Waals surface area (Å²) in [5.41, 5.74) is 5.42. The minimum Gasteiger partial charge on any atom is -0.481 e. The monoisotopic (exact) mass is 171 g/mol. The molecule has 0 aliphatic heterocycles. The van der Waals surface area contributed by atoms with Gasteiger partial charge in [0, 0.05) is 6.54 Å². The summed E-state index contributed by atoms with van der Waals surface area (Å²) in [7, 11) is 0. The van der Waals surface area contributed by atoms with E-state index in [1.807, 2.05) is 0 Å². The molecule has 3 N–H and O–H groups in total. The van der Waals surface area contributed by atoms with Crippen molar-refractivity contribution < 1.29 is 9.90 Å². The van der Waals surface area contributed by atoms with Gasteiger partial charge >= 0.3 is 5.97 Å². The predicted octanol–water partition coefficient (Wildman–Crippen LogP) is 1.23. The fraction of sp³-hybridized carbons (Fsp3) is 0.889. The zero-order valence-corrected chi connectivity index (χ0v) is 7.33. The Labute approximate surface area is 72.9 Å². The summed E-state index contributed by atoms with van der Waals surface area (Å²) in [5, 5.41) is 8.85. The summed E-state index contributed by atoms with van der Waals surface area (Å²) in [6, 6.07) is 0. The van der Waals surface area contributed by atoms with E-state index in [4.69, 9.17) is 10.8 Å². The topological polar surface area (TPSA) is 63.3 Å². The van der Waals surface area contributed by atoms with E-state index in [0.717, 1.165) is 12.8 Å². The van der Waals surface area contributed by atoms with Crippen molar-refractivity contribution in [3.05, 3.63) is 0 Å². The Morgan fingerprint density at radius 1 is 1.42 bits per heavy atom. The van der Waals surface area contributed by atoms with E-state index < -0.39 is 5.97 Å². The number of carbonyl (C=O) groups is 1. The molecule has 3 nitrogen and oxygen atoms in total. The molecule has 1 saturated carbocycles. The number of carboxylic acids is 1. The Balaban J connectivity index is 2.46. The van der Waals surface area contributed by atoms with Crippen LogP contribution < -0.4 is 5.73 Å². The number of hydrogen-bond donors (Lipinski definition) is 2. The first kappa shape index (κ1) is 9.52. The maximum absolute atomic E-state index is 10.7. The molecule has 1 atom stereocenters. The Bertz CT molecular complexity index is 153. The van der Waals surface area contributed by atoms with Crippen LogP contribution in [-0.2, 0) is 4.79 Å². The lowest BCUT2D eigenvalue weighted by Gasteiger charge is -2.26. The van der Waals surface area contributed by atoms with Crippen molar-refractivity contribution in [2.45, 2.75) is 32.1 Å². The molecule has 1 aliphatic carbocycles. The third-order valence-corrected chi connectivity index (χ3v) is 2.79. The molecule has 12 heavy (non-hydrogen) atoms. The molecule has 0 amide bonds. The summed E-state index contributed by atoms with van der Waals surface area (Å²) in [4.78, 5) is 10.7. The second-order valence-corrected chi connectivity index (χ2v) is 3.58. The van der Waals surface area contributed by atoms with Crippen LogP contribution in [0, 0.1) is 11.8 Å². The standard InChI is InChI=1S/C9H17NO2/c10-6-8(9(11)12)7-4-2-1-3-5-7/h7-8H,1-6,10H2,(H,11,12). The van der Waals surface area contributed by atoms with Gasteiger partial charge < -0.3 is 10.8 Å². The van der Waals surface area contributed by atoms with E-state index in [2.05, 4.69) is 0 Å². The Morgan fingerprint density at radius 2 is 2.00 bits per heavy atom. The Morgan fingerprint density at radius 3 is 2.42 bits per heavy atom. The zero-order chi connectivity index (χ0) is 8.97. The minimum absolute atomic E-state index is 0.292. The average Bonchev–Trinajstić information content (AvgIpc) is 2.07. The minimum atomic E-state index is -0.718. The molecule has 0 aromatic heterocycles. The lowest BCUT2D eigenvalue weighted by atomic mass is 9.80. The SMILES string of the molecule is NCC(C(=O)O)C1CCCCC1. The van der Waals surface area contributed by atoms with Gasteiger partial charge in [0.1, 0.15) is 0 Å². The number of aliphatic carboxylic acids is 1. The quantitative estimate of drug-likeness (QED) is 0.671. The first-order chi connectivity index (χ1) is 5.75. The van der Waals surface area contributed by atoms with Gasteiger partial charge in [0.25, 0.3) is 0 Å². The number of rotatable bonds is 3. The molecule has 0 aromatic rings. The zero-order valence-electron chi connectivity index (χ0n) is 7.33. The van der Waals surface area contributed by atoms with Crippen molar-refractivity contribution in [2.24, 2.45) is 17.6 Å². The molecule has 70 valence electrons. The summed E-state index contributed by atoms with van der Waals surface area (Å²) < 4.78 is 0. The van der Waals surface area contributed by atoms with E-state index in [0.29, 0.717) is 12.5 Å². The molecule has 1 rings (SSSR count). The van der Waals surface area contributed by atoms with Crippen LogP contribution in [0.25, 0.3) is 0 Å². The highest BCUT2D eigenvalue weighted by Gasteiger charge is 2.27. The highest BCUT2D eigenvalue weighted by molar-refractivity contribution is 5.70. The third kappa shape index (κ3) is 2.21. The van der Waals surface area contributed by atoms with Crippen molar-refractivity contribution >= 4 is 5.97 Å². The fourth-order valence-corrected chi connectivity index (χ4v) is 2.03. The van der Waals surface area contributed by atoms with E-state index in [1.54, 1.807) is 0 Å². The van der Waals surface area contributed by atoms with E-state index >= 15 is 0 Å². The third-order valence-electron chi connectivity index (χ3n) is 2.79. The molecule has 0 heterocycles. The number of carboxylic acid groups (broad SMARTS) is 1. The number of nitrogens with two attached hydrogens (primary N) is 1. The van der Waals surface area contributed by atoms with Crippen LogP contribution in [0.3, 0.4) is 0 Å². The molecular weight excluding hydrogens is 154 g/mol. The molecule has 0 spiro atoms. The van der Waals surface area contributed by atoms with Gasteiger partial charge in [-0.25, -0.2) is 0 Å². The van der Waals surface area contributed by atoms with Crippen molar-refractivity contribution in [1.82, 2.24) is 0 Å². The van der Waals surface area contributed by atoms with Crippen molar-refractivity contribution in [1.29, 1.82) is 0 Å². The van der Waals surface area contributed by atoms with Crippen molar-refractivity contribution in [3.63, 3.8) is 0 Å². The fourth-order valence-electron chi connectivity index (χ4n) is 2.03. The van der Waals surface area contributed by atoms with Crippen LogP contribution in [0.4, 0.5) is 0 Å². The van der Waals surface area contributed by atoms with Crippen LogP contribution in [0.5, 0.6) is 0 Å². The largest absolute Gasteiger partial charge is 0.481 e. The second kappa shape index (κ2) is 4.45. The summed E-state index contributed by atoms with van der Waals surface area (Å²) in [6.07, 6.45) is 5.71. The van der Waals surface area contributed by atoms with Gasteiger partial charge in [-0.3, -0.25) is 4.79 Å². The lowest BCUT2D eigenvalue weighted by molar-refractivity contribution is -0.143. The first-order valence-corrected chi connectivity index (χ1v) is 4.68. The van der Waals surface area contributed by atoms with Crippen LogP contribution in [0.15, 0.2) is 0 Å². The molecule has 0 saturated heterocycles. The smallest absolute Gasteiger partial charge is 0.308 e. The highest BCUT2D eigenvalue weighted by Crippen LogP contribution is 2.29. The summed E-state index contributed by atoms with van der Waals surface area (Å²) in [5.74, 6) is -0.684. The van der Waals surface area contributed by atoms with Gasteiger partial charge in [-0.05, 0) is 18.8 Å². The lowest BCUT2D eigenvalue weighted by Crippen LogP contribution is -2.31. The molecule has 1 fully saturated rings. The normalized spacial score (nSPS) is 22.1. The number of hydrogen-bond acceptors (Lipinski definition) is 2. The molecule has 0 aromatic carbocycles. The molecule has 1 aliphatic rings. The van der Waals surface area contributed by atoms with E-state index in [-0.39, 0.29) is 5.92 Å². The van der Waals surface area contributed by atoms with Crippen molar-refractivity contribution in [3.8, 4) is 0 Å². The highest BCUT2D eigenvalue weighted by atomic mass is 16.4. The molecule has 0 radical (unpaired) electrons. The molecular formula is C9H17NO2. The second-order valence-electron chi connectivity index (χ2n) is 3.58. The summed E-state index contributed by atoms with van der Waals surface area (Å²) >= 11 is 0. The molecule has 0 bridgehead atoms. The summed E-state index contributed by atoms with van der Waals surface area (Å²) in [6.45, 7) is 0.292. The Hall–Kier alpha value is -0.570. The van der Waals surface area contributed by atoms with Crippen LogP contribution in [0.1, 0.15) is 32.1 Å². The molecule has 3 heteroatoms. The van der Waals surface area contributed by atoms with Crippen molar-refractivity contribution in [2.75, 3.05) is 6.54 Å². The van der Waals surface area contributed by atoms with E-state index in [1.165, 1.54) is 19.3 Å². The van der Waals surface area contributed by atoms with Crippen LogP contribution >= 0.6 is 0 Å². The maximum atomic E-state index is 10.7. The van der Waals surface area contributed by atoms with E-state index in [9.17, 15) is 4.79 Å². The van der Waals surface area contributed by atoms with Gasteiger partial charge in [0.15, 0.2) is 0 Å². The van der Waals surface area contributed by atoms with Gasteiger partial charge in [0.05, 0.1) is 5.92 Å². The van der Waals surface area contributed by atoms with Gasteiger partial charge in [0.2, 0.25) is 0 Å².